The summed E-state index contributed by atoms with van der Waals surface area (Å²) in [4.78, 5) is 12.2. The third-order valence-corrected chi connectivity index (χ3v) is 5.25. The number of carbonyl (C=O) groups is 1. The van der Waals surface area contributed by atoms with Crippen molar-refractivity contribution in [3.63, 3.8) is 0 Å². The Labute approximate surface area is 160 Å². The van der Waals surface area contributed by atoms with Gasteiger partial charge in [-0.1, -0.05) is 35.9 Å². The Bertz CT molecular complexity index is 772. The average molecular weight is 372 g/mol. The minimum Gasteiger partial charge on any atom is -0.399 e. The van der Waals surface area contributed by atoms with E-state index >= 15 is 0 Å². The van der Waals surface area contributed by atoms with E-state index in [9.17, 15) is 4.79 Å². The molecule has 0 aromatic heterocycles. The highest BCUT2D eigenvalue weighted by Gasteiger charge is 2.51. The van der Waals surface area contributed by atoms with Gasteiger partial charge in [0.1, 0.15) is 0 Å². The third kappa shape index (κ3) is 4.12. The molecule has 0 atom stereocenters. The number of carbonyl (C=O) groups excluding carboxylic acids is 1. The number of halogens is 1. The number of hydrogen-bond donors (Lipinski definition) is 1. The van der Waals surface area contributed by atoms with E-state index in [2.05, 4.69) is 5.32 Å². The summed E-state index contributed by atoms with van der Waals surface area (Å²) in [7, 11) is -0.392. The maximum Gasteiger partial charge on any atom is 0.494 e. The molecule has 0 radical (unpaired) electrons. The van der Waals surface area contributed by atoms with Gasteiger partial charge in [-0.15, -0.1) is 0 Å². The van der Waals surface area contributed by atoms with Crippen LogP contribution in [0.1, 0.15) is 33.3 Å². The standard InChI is InChI=1S/C20H23BClNO3/c1-19(2)20(3,4)26-21(25-19)15-7-5-14(6-8-15)13-18(24)23-17-11-9-16(22)10-12-17/h5-12H,13H2,1-4H3,(H,23,24). The van der Waals surface area contributed by atoms with Gasteiger partial charge >= 0.3 is 7.12 Å². The van der Waals surface area contributed by atoms with Crippen molar-refractivity contribution < 1.29 is 14.1 Å². The fourth-order valence-electron chi connectivity index (χ4n) is 2.70. The van der Waals surface area contributed by atoms with Crippen LogP contribution in [0.2, 0.25) is 5.02 Å². The van der Waals surface area contributed by atoms with Crippen molar-refractivity contribution in [2.45, 2.75) is 45.3 Å². The van der Waals surface area contributed by atoms with Crippen LogP contribution >= 0.6 is 11.6 Å². The molecule has 0 bridgehead atoms. The molecule has 0 unspecified atom stereocenters. The summed E-state index contributed by atoms with van der Waals surface area (Å²) in [5.74, 6) is -0.0734. The van der Waals surface area contributed by atoms with Crippen LogP contribution in [0.25, 0.3) is 0 Å². The number of benzene rings is 2. The molecule has 1 aliphatic heterocycles. The molecule has 2 aromatic carbocycles. The van der Waals surface area contributed by atoms with Crippen molar-refractivity contribution in [2.24, 2.45) is 0 Å². The van der Waals surface area contributed by atoms with E-state index in [0.29, 0.717) is 11.4 Å². The molecule has 1 saturated heterocycles. The SMILES string of the molecule is CC1(C)OB(c2ccc(CC(=O)Nc3ccc(Cl)cc3)cc2)OC1(C)C. The van der Waals surface area contributed by atoms with Gasteiger partial charge in [0.15, 0.2) is 0 Å². The van der Waals surface area contributed by atoms with Crippen LogP contribution in [0, 0.1) is 0 Å². The zero-order chi connectivity index (χ0) is 18.9. The lowest BCUT2D eigenvalue weighted by atomic mass is 9.79. The third-order valence-electron chi connectivity index (χ3n) is 5.00. The van der Waals surface area contributed by atoms with Crippen molar-refractivity contribution in [3.8, 4) is 0 Å². The molecule has 1 aliphatic rings. The second-order valence-corrected chi connectivity index (χ2v) is 8.00. The lowest BCUT2D eigenvalue weighted by Gasteiger charge is -2.32. The van der Waals surface area contributed by atoms with Crippen LogP contribution in [0.5, 0.6) is 0 Å². The first-order valence-electron chi connectivity index (χ1n) is 8.66. The zero-order valence-electron chi connectivity index (χ0n) is 15.5. The lowest BCUT2D eigenvalue weighted by molar-refractivity contribution is -0.115. The van der Waals surface area contributed by atoms with Crippen LogP contribution in [0.4, 0.5) is 5.69 Å². The molecular weight excluding hydrogens is 348 g/mol. The normalized spacial score (nSPS) is 18.0. The summed E-state index contributed by atoms with van der Waals surface area (Å²) in [6.07, 6.45) is 0.298. The Hall–Kier alpha value is -1.82. The highest BCUT2D eigenvalue weighted by Crippen LogP contribution is 2.36. The van der Waals surface area contributed by atoms with Crippen molar-refractivity contribution >= 4 is 35.8 Å². The number of amides is 1. The molecule has 6 heteroatoms. The Morgan fingerprint density at radius 2 is 1.50 bits per heavy atom. The van der Waals surface area contributed by atoms with Gasteiger partial charge in [0.05, 0.1) is 17.6 Å². The molecule has 0 spiro atoms. The topological polar surface area (TPSA) is 47.6 Å². The predicted molar refractivity (Wildman–Crippen MR) is 106 cm³/mol. The van der Waals surface area contributed by atoms with E-state index in [4.69, 9.17) is 20.9 Å². The van der Waals surface area contributed by atoms with E-state index in [1.807, 2.05) is 52.0 Å². The molecule has 3 rings (SSSR count). The number of rotatable bonds is 4. The second kappa shape index (κ2) is 7.07. The zero-order valence-corrected chi connectivity index (χ0v) is 16.3. The van der Waals surface area contributed by atoms with Crippen molar-refractivity contribution in [1.29, 1.82) is 0 Å². The van der Waals surface area contributed by atoms with Gasteiger partial charge < -0.3 is 14.6 Å². The van der Waals surface area contributed by atoms with Crippen LogP contribution in [0.3, 0.4) is 0 Å². The largest absolute Gasteiger partial charge is 0.494 e. The van der Waals surface area contributed by atoms with E-state index in [0.717, 1.165) is 16.7 Å². The smallest absolute Gasteiger partial charge is 0.399 e. The summed E-state index contributed by atoms with van der Waals surface area (Å²) in [5, 5.41) is 3.50. The van der Waals surface area contributed by atoms with E-state index < -0.39 is 7.12 Å². The van der Waals surface area contributed by atoms with Gasteiger partial charge in [-0.05, 0) is 63.0 Å². The van der Waals surface area contributed by atoms with Crippen LogP contribution in [0.15, 0.2) is 48.5 Å². The molecule has 0 aliphatic carbocycles. The van der Waals surface area contributed by atoms with Gasteiger partial charge in [-0.25, -0.2) is 0 Å². The Kier molecular flexibility index (Phi) is 5.15. The number of nitrogens with one attached hydrogen (secondary N) is 1. The monoisotopic (exact) mass is 371 g/mol. The molecule has 1 N–H and O–H groups in total. The van der Waals surface area contributed by atoms with E-state index in [-0.39, 0.29) is 17.1 Å². The number of hydrogen-bond acceptors (Lipinski definition) is 3. The maximum absolute atomic E-state index is 12.2. The summed E-state index contributed by atoms with van der Waals surface area (Å²) in [5.41, 5.74) is 1.87. The molecule has 0 saturated carbocycles. The van der Waals surface area contributed by atoms with Crippen molar-refractivity contribution in [1.82, 2.24) is 0 Å². The van der Waals surface area contributed by atoms with Gasteiger partial charge in [0.2, 0.25) is 5.91 Å². The summed E-state index contributed by atoms with van der Waals surface area (Å²) in [6.45, 7) is 8.12. The Morgan fingerprint density at radius 1 is 0.962 bits per heavy atom. The van der Waals surface area contributed by atoms with Crippen LogP contribution < -0.4 is 10.8 Å². The second-order valence-electron chi connectivity index (χ2n) is 7.56. The van der Waals surface area contributed by atoms with E-state index in [1.54, 1.807) is 24.3 Å². The first-order chi connectivity index (χ1) is 12.2. The number of anilines is 1. The first-order valence-corrected chi connectivity index (χ1v) is 9.04. The maximum atomic E-state index is 12.2. The molecule has 1 heterocycles. The van der Waals surface area contributed by atoms with Crippen LogP contribution in [-0.2, 0) is 20.5 Å². The highest BCUT2D eigenvalue weighted by molar-refractivity contribution is 6.62. The quantitative estimate of drug-likeness (QED) is 0.831. The summed E-state index contributed by atoms with van der Waals surface area (Å²) >= 11 is 5.85. The fraction of sp³-hybridized carbons (Fsp3) is 0.350. The predicted octanol–water partition coefficient (Wildman–Crippen LogP) is 3.82. The van der Waals surface area contributed by atoms with Gasteiger partial charge in [0, 0.05) is 10.7 Å². The molecular formula is C20H23BClNO3. The molecule has 1 fully saturated rings. The van der Waals surface area contributed by atoms with Crippen molar-refractivity contribution in [2.75, 3.05) is 5.32 Å². The van der Waals surface area contributed by atoms with E-state index in [1.165, 1.54) is 0 Å². The lowest BCUT2D eigenvalue weighted by Crippen LogP contribution is -2.41. The molecule has 1 amide bonds. The first kappa shape index (κ1) is 19.0. The van der Waals surface area contributed by atoms with Gasteiger partial charge in [0.25, 0.3) is 0 Å². The molecule has 4 nitrogen and oxygen atoms in total. The Balaban J connectivity index is 1.61. The van der Waals surface area contributed by atoms with Gasteiger partial charge in [-0.3, -0.25) is 4.79 Å². The molecule has 26 heavy (non-hydrogen) atoms. The van der Waals surface area contributed by atoms with Crippen LogP contribution in [-0.4, -0.2) is 24.2 Å². The van der Waals surface area contributed by atoms with Gasteiger partial charge in [-0.2, -0.15) is 0 Å². The minimum atomic E-state index is -0.392. The summed E-state index contributed by atoms with van der Waals surface area (Å²) in [6, 6.07) is 14.8. The fourth-order valence-corrected chi connectivity index (χ4v) is 2.82. The molecule has 136 valence electrons. The van der Waals surface area contributed by atoms with Crippen molar-refractivity contribution in [3.05, 3.63) is 59.1 Å². The Morgan fingerprint density at radius 3 is 2.04 bits per heavy atom. The minimum absolute atomic E-state index is 0.0734. The average Bonchev–Trinajstić information content (AvgIpc) is 2.78. The highest BCUT2D eigenvalue weighted by atomic mass is 35.5. The summed E-state index contributed by atoms with van der Waals surface area (Å²) < 4.78 is 12.1. The molecule has 2 aromatic rings.